The second-order valence-electron chi connectivity index (χ2n) is 7.96. The molecule has 1 fully saturated rings. The van der Waals surface area contributed by atoms with Gasteiger partial charge in [-0.25, -0.2) is 4.79 Å². The summed E-state index contributed by atoms with van der Waals surface area (Å²) in [5, 5.41) is 0. The zero-order valence-corrected chi connectivity index (χ0v) is 18.1. The summed E-state index contributed by atoms with van der Waals surface area (Å²) in [6.07, 6.45) is 2.07. The molecule has 2 aromatic carbocycles. The van der Waals surface area contributed by atoms with Crippen LogP contribution in [-0.2, 0) is 20.7 Å². The van der Waals surface area contributed by atoms with Gasteiger partial charge in [0.05, 0.1) is 0 Å². The number of ether oxygens (including phenoxy) is 2. The van der Waals surface area contributed by atoms with Crippen LogP contribution in [0.2, 0.25) is 0 Å². The van der Waals surface area contributed by atoms with Gasteiger partial charge in [-0.1, -0.05) is 30.3 Å². The molecule has 1 aliphatic rings. The van der Waals surface area contributed by atoms with E-state index in [4.69, 9.17) is 9.47 Å². The number of Topliss-reactive ketones (excluding diaryl/α,β-unsaturated/α-hetero) is 1. The Labute approximate surface area is 183 Å². The van der Waals surface area contributed by atoms with Crippen molar-refractivity contribution in [1.82, 2.24) is 4.90 Å². The molecule has 31 heavy (non-hydrogen) atoms. The van der Waals surface area contributed by atoms with Gasteiger partial charge in [-0.05, 0) is 68.9 Å². The number of hydrogen-bond donors (Lipinski definition) is 0. The van der Waals surface area contributed by atoms with Gasteiger partial charge in [-0.2, -0.15) is 0 Å². The summed E-state index contributed by atoms with van der Waals surface area (Å²) in [6.45, 7) is 4.14. The van der Waals surface area contributed by atoms with E-state index in [9.17, 15) is 14.4 Å². The highest BCUT2D eigenvalue weighted by Crippen LogP contribution is 2.22. The number of nitrogens with zero attached hydrogens (tertiary/aromatic N) is 1. The average molecular weight is 424 g/mol. The minimum Gasteiger partial charge on any atom is -0.482 e. The Balaban J connectivity index is 1.39. The van der Waals surface area contributed by atoms with Crippen molar-refractivity contribution in [2.24, 2.45) is 5.92 Å². The first kappa shape index (κ1) is 22.5. The van der Waals surface area contributed by atoms with E-state index in [0.717, 1.165) is 19.3 Å². The molecular weight excluding hydrogens is 394 g/mol. The Bertz CT molecular complexity index is 886. The third kappa shape index (κ3) is 6.67. The maximum Gasteiger partial charge on any atom is 0.344 e. The van der Waals surface area contributed by atoms with Crippen LogP contribution in [0.3, 0.4) is 0 Å². The first-order chi connectivity index (χ1) is 14.9. The van der Waals surface area contributed by atoms with Gasteiger partial charge in [-0.3, -0.25) is 9.59 Å². The molecule has 0 bridgehead atoms. The number of hydrogen-bond acceptors (Lipinski definition) is 5. The van der Waals surface area contributed by atoms with Crippen LogP contribution in [0.4, 0.5) is 0 Å². The van der Waals surface area contributed by atoms with Crippen LogP contribution in [0, 0.1) is 5.92 Å². The molecule has 1 aliphatic heterocycles. The predicted molar refractivity (Wildman–Crippen MR) is 117 cm³/mol. The lowest BCUT2D eigenvalue weighted by Crippen LogP contribution is -2.44. The van der Waals surface area contributed by atoms with Crippen LogP contribution in [-0.4, -0.2) is 48.4 Å². The second-order valence-corrected chi connectivity index (χ2v) is 7.96. The van der Waals surface area contributed by atoms with Crippen LogP contribution in [0.25, 0.3) is 0 Å². The van der Waals surface area contributed by atoms with E-state index < -0.39 is 12.1 Å². The summed E-state index contributed by atoms with van der Waals surface area (Å²) in [5.41, 5.74) is 1.90. The van der Waals surface area contributed by atoms with E-state index in [0.29, 0.717) is 30.3 Å². The van der Waals surface area contributed by atoms with Crippen LogP contribution in [0.1, 0.15) is 42.6 Å². The summed E-state index contributed by atoms with van der Waals surface area (Å²) in [5.74, 6) is 0.212. The van der Waals surface area contributed by atoms with E-state index >= 15 is 0 Å². The van der Waals surface area contributed by atoms with Gasteiger partial charge in [0.1, 0.15) is 5.75 Å². The highest BCUT2D eigenvalue weighted by Gasteiger charge is 2.28. The van der Waals surface area contributed by atoms with E-state index in [-0.39, 0.29) is 18.3 Å². The van der Waals surface area contributed by atoms with Gasteiger partial charge in [0.2, 0.25) is 0 Å². The molecule has 0 spiro atoms. The lowest BCUT2D eigenvalue weighted by atomic mass is 9.90. The molecule has 1 amide bonds. The number of carbonyl (C=O) groups is 3. The smallest absolute Gasteiger partial charge is 0.344 e. The summed E-state index contributed by atoms with van der Waals surface area (Å²) < 4.78 is 10.7. The van der Waals surface area contributed by atoms with Gasteiger partial charge < -0.3 is 14.4 Å². The Kier molecular flexibility index (Phi) is 7.82. The number of benzene rings is 2. The number of amides is 1. The standard InChI is InChI=1S/C25H29NO5/c1-18(27)22-8-10-23(11-9-22)30-17-24(28)31-19(2)25(29)26-14-12-21(13-15-26)16-20-6-4-3-5-7-20/h3-11,19,21H,12-17H2,1-2H3. The summed E-state index contributed by atoms with van der Waals surface area (Å²) in [4.78, 5) is 37.8. The van der Waals surface area contributed by atoms with Gasteiger partial charge in [0.25, 0.3) is 5.91 Å². The molecule has 6 heteroatoms. The van der Waals surface area contributed by atoms with Crippen molar-refractivity contribution in [3.05, 3.63) is 65.7 Å². The highest BCUT2D eigenvalue weighted by molar-refractivity contribution is 5.94. The minimum atomic E-state index is -0.845. The molecule has 1 saturated heterocycles. The molecule has 0 saturated carbocycles. The summed E-state index contributed by atoms with van der Waals surface area (Å²) in [6, 6.07) is 16.9. The maximum absolute atomic E-state index is 12.7. The first-order valence-electron chi connectivity index (χ1n) is 10.7. The van der Waals surface area contributed by atoms with E-state index in [1.54, 1.807) is 36.1 Å². The van der Waals surface area contributed by atoms with Crippen molar-refractivity contribution in [1.29, 1.82) is 0 Å². The molecular formula is C25H29NO5. The molecule has 1 unspecified atom stereocenters. The zero-order chi connectivity index (χ0) is 22.2. The largest absolute Gasteiger partial charge is 0.482 e. The van der Waals surface area contributed by atoms with Crippen LogP contribution >= 0.6 is 0 Å². The van der Waals surface area contributed by atoms with Gasteiger partial charge in [0.15, 0.2) is 18.5 Å². The van der Waals surface area contributed by atoms with Crippen LogP contribution in [0.15, 0.2) is 54.6 Å². The Morgan fingerprint density at radius 3 is 2.26 bits per heavy atom. The lowest BCUT2D eigenvalue weighted by molar-refractivity contribution is -0.161. The van der Waals surface area contributed by atoms with Crippen LogP contribution in [0.5, 0.6) is 5.75 Å². The number of likely N-dealkylation sites (tertiary alicyclic amines) is 1. The van der Waals surface area contributed by atoms with Crippen molar-refractivity contribution in [2.45, 2.75) is 39.2 Å². The molecule has 0 aromatic heterocycles. The third-order valence-electron chi connectivity index (χ3n) is 5.57. The van der Waals surface area contributed by atoms with E-state index in [2.05, 4.69) is 24.3 Å². The Morgan fingerprint density at radius 2 is 1.65 bits per heavy atom. The van der Waals surface area contributed by atoms with Crippen molar-refractivity contribution >= 4 is 17.7 Å². The fraction of sp³-hybridized carbons (Fsp3) is 0.400. The quantitative estimate of drug-likeness (QED) is 0.478. The van der Waals surface area contributed by atoms with E-state index in [1.807, 2.05) is 6.07 Å². The normalized spacial score (nSPS) is 15.2. The molecule has 164 valence electrons. The maximum atomic E-state index is 12.7. The highest BCUT2D eigenvalue weighted by atomic mass is 16.6. The van der Waals surface area contributed by atoms with Gasteiger partial charge in [-0.15, -0.1) is 0 Å². The lowest BCUT2D eigenvalue weighted by Gasteiger charge is -2.33. The number of esters is 1. The monoisotopic (exact) mass is 423 g/mol. The fourth-order valence-electron chi connectivity index (χ4n) is 3.77. The predicted octanol–water partition coefficient (Wildman–Crippen LogP) is 3.68. The van der Waals surface area contributed by atoms with Crippen molar-refractivity contribution < 1.29 is 23.9 Å². The minimum absolute atomic E-state index is 0.0394. The molecule has 2 aromatic rings. The molecule has 0 N–H and O–H groups in total. The van der Waals surface area contributed by atoms with Crippen molar-refractivity contribution in [2.75, 3.05) is 19.7 Å². The zero-order valence-electron chi connectivity index (χ0n) is 18.1. The average Bonchev–Trinajstić information content (AvgIpc) is 2.78. The van der Waals surface area contributed by atoms with Gasteiger partial charge >= 0.3 is 5.97 Å². The number of piperidine rings is 1. The van der Waals surface area contributed by atoms with E-state index in [1.165, 1.54) is 12.5 Å². The summed E-state index contributed by atoms with van der Waals surface area (Å²) in [7, 11) is 0. The first-order valence-corrected chi connectivity index (χ1v) is 10.7. The number of carbonyl (C=O) groups excluding carboxylic acids is 3. The number of ketones is 1. The fourth-order valence-corrected chi connectivity index (χ4v) is 3.77. The molecule has 3 rings (SSSR count). The Morgan fingerprint density at radius 1 is 1.00 bits per heavy atom. The van der Waals surface area contributed by atoms with Gasteiger partial charge in [0, 0.05) is 18.7 Å². The van der Waals surface area contributed by atoms with Crippen molar-refractivity contribution in [3.8, 4) is 5.75 Å². The van der Waals surface area contributed by atoms with Crippen LogP contribution < -0.4 is 4.74 Å². The molecule has 1 atom stereocenters. The molecule has 6 nitrogen and oxygen atoms in total. The molecule has 0 aliphatic carbocycles. The number of rotatable bonds is 8. The third-order valence-corrected chi connectivity index (χ3v) is 5.57. The molecule has 0 radical (unpaired) electrons. The topological polar surface area (TPSA) is 72.9 Å². The Hall–Kier alpha value is -3.15. The summed E-state index contributed by atoms with van der Waals surface area (Å²) >= 11 is 0. The molecule has 1 heterocycles. The SMILES string of the molecule is CC(=O)c1ccc(OCC(=O)OC(C)C(=O)N2CCC(Cc3ccccc3)CC2)cc1. The van der Waals surface area contributed by atoms with Crippen molar-refractivity contribution in [3.63, 3.8) is 0 Å². The second kappa shape index (κ2) is 10.8.